The lowest BCUT2D eigenvalue weighted by molar-refractivity contribution is 0.0705. The van der Waals surface area contributed by atoms with Crippen molar-refractivity contribution in [2.45, 2.75) is 43.7 Å². The largest absolute Gasteiger partial charge is 0.490 e. The van der Waals surface area contributed by atoms with Gasteiger partial charge in [-0.3, -0.25) is 4.79 Å². The van der Waals surface area contributed by atoms with Gasteiger partial charge in [0.2, 0.25) is 10.0 Å². The average Bonchev–Trinajstić information content (AvgIpc) is 2.69. The van der Waals surface area contributed by atoms with E-state index < -0.39 is 10.0 Å². The first kappa shape index (κ1) is 21.6. The molecular weight excluding hydrogens is 412 g/mol. The molecule has 1 fully saturated rings. The maximum Gasteiger partial charge on any atom is 0.257 e. The second-order valence-corrected chi connectivity index (χ2v) is 9.46. The van der Waals surface area contributed by atoms with Crippen LogP contribution in [0.1, 0.15) is 37.0 Å². The number of piperidine rings is 1. The predicted molar refractivity (Wildman–Crippen MR) is 113 cm³/mol. The summed E-state index contributed by atoms with van der Waals surface area (Å²) >= 11 is 6.09. The van der Waals surface area contributed by atoms with E-state index in [1.807, 2.05) is 13.8 Å². The van der Waals surface area contributed by atoms with Crippen LogP contribution in [0.2, 0.25) is 5.02 Å². The first-order valence-electron chi connectivity index (χ1n) is 9.59. The molecule has 8 heteroatoms. The van der Waals surface area contributed by atoms with E-state index in [0.29, 0.717) is 42.3 Å². The first-order valence-corrected chi connectivity index (χ1v) is 11.5. The maximum absolute atomic E-state index is 13.0. The van der Waals surface area contributed by atoms with Crippen molar-refractivity contribution in [3.63, 3.8) is 0 Å². The Morgan fingerprint density at radius 2 is 1.79 bits per heavy atom. The number of hydrogen-bond donors (Lipinski definition) is 1. The van der Waals surface area contributed by atoms with Crippen molar-refractivity contribution in [1.29, 1.82) is 0 Å². The summed E-state index contributed by atoms with van der Waals surface area (Å²) in [5.74, 6) is 0.342. The highest BCUT2D eigenvalue weighted by Gasteiger charge is 2.28. The molecule has 156 valence electrons. The average molecular weight is 437 g/mol. The molecule has 0 saturated carbocycles. The van der Waals surface area contributed by atoms with Crippen molar-refractivity contribution in [3.8, 4) is 5.75 Å². The van der Waals surface area contributed by atoms with Crippen LogP contribution in [0.5, 0.6) is 5.75 Å². The molecule has 1 amide bonds. The van der Waals surface area contributed by atoms with Crippen LogP contribution >= 0.6 is 11.6 Å². The summed E-state index contributed by atoms with van der Waals surface area (Å²) in [6, 6.07) is 13.1. The zero-order valence-corrected chi connectivity index (χ0v) is 18.0. The van der Waals surface area contributed by atoms with Crippen molar-refractivity contribution in [2.75, 3.05) is 13.1 Å². The summed E-state index contributed by atoms with van der Waals surface area (Å²) in [6.07, 6.45) is 1.01. The van der Waals surface area contributed by atoms with Crippen LogP contribution in [-0.2, 0) is 10.0 Å². The van der Waals surface area contributed by atoms with Gasteiger partial charge in [-0.1, -0.05) is 29.8 Å². The van der Waals surface area contributed by atoms with Gasteiger partial charge in [-0.25, -0.2) is 13.1 Å². The van der Waals surface area contributed by atoms with Crippen LogP contribution < -0.4 is 9.46 Å². The fourth-order valence-electron chi connectivity index (χ4n) is 3.28. The molecule has 0 unspecified atom stereocenters. The number of benzene rings is 2. The highest BCUT2D eigenvalue weighted by molar-refractivity contribution is 7.89. The molecule has 1 aliphatic rings. The molecule has 0 aromatic heterocycles. The van der Waals surface area contributed by atoms with Crippen molar-refractivity contribution in [3.05, 3.63) is 59.1 Å². The molecule has 0 radical (unpaired) electrons. The van der Waals surface area contributed by atoms with Crippen LogP contribution in [0.3, 0.4) is 0 Å². The van der Waals surface area contributed by atoms with Crippen molar-refractivity contribution in [2.24, 2.45) is 0 Å². The zero-order valence-electron chi connectivity index (χ0n) is 16.5. The lowest BCUT2D eigenvalue weighted by atomic mass is 10.0. The van der Waals surface area contributed by atoms with E-state index in [0.717, 1.165) is 0 Å². The van der Waals surface area contributed by atoms with E-state index in [4.69, 9.17) is 16.3 Å². The molecule has 1 aliphatic heterocycles. The van der Waals surface area contributed by atoms with E-state index in [9.17, 15) is 13.2 Å². The lowest BCUT2D eigenvalue weighted by Crippen LogP contribution is -2.46. The highest BCUT2D eigenvalue weighted by atomic mass is 35.5. The normalized spacial score (nSPS) is 15.5. The Labute approximate surface area is 176 Å². The second kappa shape index (κ2) is 9.15. The Kier molecular flexibility index (Phi) is 6.82. The van der Waals surface area contributed by atoms with Crippen molar-refractivity contribution >= 4 is 27.5 Å². The van der Waals surface area contributed by atoms with Crippen LogP contribution in [0.4, 0.5) is 0 Å². The number of hydrogen-bond acceptors (Lipinski definition) is 4. The minimum Gasteiger partial charge on any atom is -0.490 e. The summed E-state index contributed by atoms with van der Waals surface area (Å²) in [5, 5.41) is 0.468. The fourth-order valence-corrected chi connectivity index (χ4v) is 4.78. The van der Waals surface area contributed by atoms with E-state index in [2.05, 4.69) is 4.72 Å². The SMILES string of the molecule is CC(C)Oc1ccc(Cl)cc1C(=O)N1CCC(NS(=O)(=O)c2ccccc2)CC1. The van der Waals surface area contributed by atoms with Crippen LogP contribution in [0.15, 0.2) is 53.4 Å². The van der Waals surface area contributed by atoms with Gasteiger partial charge in [-0.2, -0.15) is 0 Å². The number of sulfonamides is 1. The number of halogens is 1. The number of amides is 1. The molecule has 0 aliphatic carbocycles. The molecule has 1 heterocycles. The number of carbonyl (C=O) groups is 1. The number of ether oxygens (including phenoxy) is 1. The molecule has 3 rings (SSSR count). The van der Waals surface area contributed by atoms with E-state index in [1.165, 1.54) is 0 Å². The predicted octanol–water partition coefficient (Wildman–Crippen LogP) is 3.71. The second-order valence-electron chi connectivity index (χ2n) is 7.31. The third kappa shape index (κ3) is 5.50. The quantitative estimate of drug-likeness (QED) is 0.748. The fraction of sp³-hybridized carbons (Fsp3) is 0.381. The Balaban J connectivity index is 1.65. The third-order valence-corrected chi connectivity index (χ3v) is 6.46. The summed E-state index contributed by atoms with van der Waals surface area (Å²) in [4.78, 5) is 15.0. The molecule has 29 heavy (non-hydrogen) atoms. The molecule has 2 aromatic rings. The molecule has 1 saturated heterocycles. The van der Waals surface area contributed by atoms with Crippen LogP contribution in [0, 0.1) is 0 Å². The Morgan fingerprint density at radius 1 is 1.14 bits per heavy atom. The van der Waals surface area contributed by atoms with Crippen LogP contribution in [-0.4, -0.2) is 44.5 Å². The number of carbonyl (C=O) groups excluding carboxylic acids is 1. The maximum atomic E-state index is 13.0. The monoisotopic (exact) mass is 436 g/mol. The van der Waals surface area contributed by atoms with Crippen molar-refractivity contribution in [1.82, 2.24) is 9.62 Å². The smallest absolute Gasteiger partial charge is 0.257 e. The van der Waals surface area contributed by atoms with Gasteiger partial charge in [0.1, 0.15) is 5.75 Å². The number of rotatable bonds is 6. The van der Waals surface area contributed by atoms with Gasteiger partial charge in [0.15, 0.2) is 0 Å². The van der Waals surface area contributed by atoms with Gasteiger partial charge in [0.25, 0.3) is 5.91 Å². The zero-order chi connectivity index (χ0) is 21.0. The van der Waals surface area contributed by atoms with Crippen molar-refractivity contribution < 1.29 is 17.9 Å². The standard InChI is InChI=1S/C21H25ClN2O4S/c1-15(2)28-20-9-8-16(22)14-19(20)21(25)24-12-10-17(11-13-24)23-29(26,27)18-6-4-3-5-7-18/h3-9,14-15,17,23H,10-13H2,1-2H3. The van der Waals surface area contributed by atoms with Gasteiger partial charge >= 0.3 is 0 Å². The topological polar surface area (TPSA) is 75.7 Å². The van der Waals surface area contributed by atoms with Gasteiger partial charge < -0.3 is 9.64 Å². The van der Waals surface area contributed by atoms with Gasteiger partial charge in [0, 0.05) is 24.2 Å². The highest BCUT2D eigenvalue weighted by Crippen LogP contribution is 2.27. The minimum absolute atomic E-state index is 0.0687. The summed E-state index contributed by atoms with van der Waals surface area (Å²) in [7, 11) is -3.57. The van der Waals surface area contributed by atoms with Gasteiger partial charge in [0.05, 0.1) is 16.6 Å². The molecular formula is C21H25ClN2O4S. The number of nitrogens with one attached hydrogen (secondary N) is 1. The number of likely N-dealkylation sites (tertiary alicyclic amines) is 1. The van der Waals surface area contributed by atoms with Gasteiger partial charge in [-0.15, -0.1) is 0 Å². The Bertz CT molecular complexity index is 956. The minimum atomic E-state index is -3.57. The summed E-state index contributed by atoms with van der Waals surface area (Å²) in [5.41, 5.74) is 0.425. The van der Waals surface area contributed by atoms with Gasteiger partial charge in [-0.05, 0) is 57.0 Å². The Morgan fingerprint density at radius 3 is 2.41 bits per heavy atom. The first-order chi connectivity index (χ1) is 13.8. The summed E-state index contributed by atoms with van der Waals surface area (Å²) < 4.78 is 33.5. The molecule has 0 spiro atoms. The van der Waals surface area contributed by atoms with E-state index >= 15 is 0 Å². The number of nitrogens with zero attached hydrogens (tertiary/aromatic N) is 1. The molecule has 0 atom stereocenters. The molecule has 2 aromatic carbocycles. The van der Waals surface area contributed by atoms with E-state index in [-0.39, 0.29) is 22.9 Å². The van der Waals surface area contributed by atoms with Crippen LogP contribution in [0.25, 0.3) is 0 Å². The van der Waals surface area contributed by atoms with E-state index in [1.54, 1.807) is 53.4 Å². The third-order valence-electron chi connectivity index (χ3n) is 4.69. The Hall–Kier alpha value is -2.09. The molecule has 1 N–H and O–H groups in total. The molecule has 6 nitrogen and oxygen atoms in total. The molecule has 0 bridgehead atoms. The summed E-state index contributed by atoms with van der Waals surface area (Å²) in [6.45, 7) is 4.70. The lowest BCUT2D eigenvalue weighted by Gasteiger charge is -2.32.